The van der Waals surface area contributed by atoms with Crippen molar-refractivity contribution in [2.75, 3.05) is 6.54 Å². The van der Waals surface area contributed by atoms with Gasteiger partial charge in [0.2, 0.25) is 0 Å². The Morgan fingerprint density at radius 2 is 1.51 bits per heavy atom. The van der Waals surface area contributed by atoms with Crippen LogP contribution in [-0.4, -0.2) is 23.2 Å². The third kappa shape index (κ3) is 9.44. The third-order valence-corrected chi connectivity index (χ3v) is 9.24. The summed E-state index contributed by atoms with van der Waals surface area (Å²) in [5, 5.41) is 8.42. The Morgan fingerprint density at radius 3 is 2.16 bits per heavy atom. The first-order chi connectivity index (χ1) is 23.6. The van der Waals surface area contributed by atoms with Gasteiger partial charge in [-0.3, -0.25) is 4.99 Å². The molecular formula is C43H44Cl2N4. The van der Waals surface area contributed by atoms with Crippen LogP contribution in [0.2, 0.25) is 10.0 Å². The lowest BCUT2D eigenvalue weighted by Gasteiger charge is -2.35. The second-order valence-electron chi connectivity index (χ2n) is 12.6. The highest BCUT2D eigenvalue weighted by molar-refractivity contribution is 6.38. The fourth-order valence-electron chi connectivity index (χ4n) is 6.02. The van der Waals surface area contributed by atoms with Crippen molar-refractivity contribution in [2.24, 2.45) is 4.99 Å². The topological polar surface area (TPSA) is 39.7 Å². The first-order valence-electron chi connectivity index (χ1n) is 16.5. The first kappa shape index (κ1) is 35.5. The predicted octanol–water partition coefficient (Wildman–Crippen LogP) is 10.7. The molecule has 0 aromatic heterocycles. The summed E-state index contributed by atoms with van der Waals surface area (Å²) in [6.45, 7) is 24.6. The van der Waals surface area contributed by atoms with Crippen LogP contribution in [0.4, 0.5) is 0 Å². The third-order valence-electron chi connectivity index (χ3n) is 8.61. The molecule has 0 fully saturated rings. The molecule has 0 spiro atoms. The average Bonchev–Trinajstić information content (AvgIpc) is 3.56. The van der Waals surface area contributed by atoms with Crippen LogP contribution < -0.4 is 10.6 Å². The molecule has 49 heavy (non-hydrogen) atoms. The number of nitrogens with one attached hydrogen (secondary N) is 2. The van der Waals surface area contributed by atoms with Crippen LogP contribution in [-0.2, 0) is 12.8 Å². The van der Waals surface area contributed by atoms with Crippen LogP contribution in [0.25, 0.3) is 5.57 Å². The Labute approximate surface area is 302 Å². The summed E-state index contributed by atoms with van der Waals surface area (Å²) in [5.41, 5.74) is 11.8. The number of allylic oxidation sites excluding steroid dienone is 5. The summed E-state index contributed by atoms with van der Waals surface area (Å²) in [4.78, 5) is 6.97. The molecule has 2 aliphatic rings. The summed E-state index contributed by atoms with van der Waals surface area (Å²) >= 11 is 13.0. The lowest BCUT2D eigenvalue weighted by Crippen LogP contribution is -2.38. The molecule has 2 heterocycles. The van der Waals surface area contributed by atoms with Crippen molar-refractivity contribution in [3.63, 3.8) is 0 Å². The molecule has 0 saturated carbocycles. The quantitative estimate of drug-likeness (QED) is 0.147. The Bertz CT molecular complexity index is 1860. The van der Waals surface area contributed by atoms with E-state index in [1.807, 2.05) is 43.5 Å². The van der Waals surface area contributed by atoms with Crippen LogP contribution in [0.5, 0.6) is 0 Å². The molecule has 1 unspecified atom stereocenters. The van der Waals surface area contributed by atoms with E-state index in [4.69, 9.17) is 28.2 Å². The van der Waals surface area contributed by atoms with Crippen LogP contribution >= 0.6 is 23.2 Å². The van der Waals surface area contributed by atoms with Crippen molar-refractivity contribution < 1.29 is 0 Å². The zero-order chi connectivity index (χ0) is 34.9. The van der Waals surface area contributed by atoms with Gasteiger partial charge in [0.05, 0.1) is 24.0 Å². The maximum absolute atomic E-state index is 6.52. The smallest absolute Gasteiger partial charge is 0.0620 e. The van der Waals surface area contributed by atoms with E-state index in [2.05, 4.69) is 109 Å². The normalized spacial score (nSPS) is 14.7. The molecule has 0 saturated heterocycles. The Hall–Kier alpha value is -4.77. The van der Waals surface area contributed by atoms with Crippen molar-refractivity contribution in [1.82, 2.24) is 15.5 Å². The molecule has 2 N–H and O–H groups in total. The number of benzene rings is 3. The number of nitrogens with zero attached hydrogens (tertiary/aromatic N) is 2. The fraction of sp³-hybridized carbons (Fsp3) is 0.186. The van der Waals surface area contributed by atoms with Crippen molar-refractivity contribution in [3.05, 3.63) is 196 Å². The van der Waals surface area contributed by atoms with Gasteiger partial charge in [-0.05, 0) is 72.7 Å². The summed E-state index contributed by atoms with van der Waals surface area (Å²) < 4.78 is 0. The van der Waals surface area contributed by atoms with Crippen molar-refractivity contribution in [3.8, 4) is 0 Å². The molecule has 0 radical (unpaired) electrons. The van der Waals surface area contributed by atoms with E-state index in [0.29, 0.717) is 29.4 Å². The van der Waals surface area contributed by atoms with Crippen molar-refractivity contribution in [2.45, 2.75) is 45.1 Å². The highest BCUT2D eigenvalue weighted by Crippen LogP contribution is 2.36. The lowest BCUT2D eigenvalue weighted by atomic mass is 9.93. The molecule has 4 nitrogen and oxygen atoms in total. The molecule has 2 aliphatic heterocycles. The van der Waals surface area contributed by atoms with E-state index in [0.717, 1.165) is 75.7 Å². The molecule has 3 aromatic carbocycles. The minimum atomic E-state index is -0.149. The van der Waals surface area contributed by atoms with E-state index in [-0.39, 0.29) is 6.04 Å². The second-order valence-corrected chi connectivity index (χ2v) is 13.5. The summed E-state index contributed by atoms with van der Waals surface area (Å²) in [5.74, 6) is 0. The standard InChI is InChI=1S/C43H44Cl2N4/c1-29(2)24-42(32(5)41-26-36(27-46-41)43-38(44)18-13-19-39(43)45)48-31(4)28-49-33(6)40(23-22-37(49)25-35-16-11-8-12-17-35)47-30(3)20-21-34-14-9-7-10-15-34/h7-19,22-23,27,42,47-48H,1,3-6,20-21,24-26,28H2,2H3. The number of aryl methyl sites for hydroxylation is 1. The highest BCUT2D eigenvalue weighted by Gasteiger charge is 2.26. The van der Waals surface area contributed by atoms with Crippen LogP contribution in [0, 0.1) is 0 Å². The van der Waals surface area contributed by atoms with Gasteiger partial charge in [0.15, 0.2) is 0 Å². The molecule has 6 heteroatoms. The predicted molar refractivity (Wildman–Crippen MR) is 210 cm³/mol. The Morgan fingerprint density at radius 1 is 0.857 bits per heavy atom. The molecule has 250 valence electrons. The minimum Gasteiger partial charge on any atom is -0.380 e. The van der Waals surface area contributed by atoms with Gasteiger partial charge in [0.25, 0.3) is 0 Å². The van der Waals surface area contributed by atoms with Crippen molar-refractivity contribution >= 4 is 34.5 Å². The molecule has 5 rings (SSSR count). The molecule has 0 bridgehead atoms. The van der Waals surface area contributed by atoms with E-state index in [9.17, 15) is 0 Å². The van der Waals surface area contributed by atoms with E-state index in [1.54, 1.807) is 0 Å². The fourth-order valence-corrected chi connectivity index (χ4v) is 6.66. The minimum absolute atomic E-state index is 0.149. The molecular weight excluding hydrogens is 643 g/mol. The van der Waals surface area contributed by atoms with Crippen LogP contribution in [0.3, 0.4) is 0 Å². The SMILES string of the molecule is C=C(C)CC(NC(=C)CN1C(=C)C(NC(=C)CCc2ccccc2)=CC=C1Cc1ccccc1)C(=C)C1=NC=C(c2c(Cl)cccc2Cl)C1. The number of rotatable bonds is 16. The van der Waals surface area contributed by atoms with Gasteiger partial charge in [-0.15, -0.1) is 6.58 Å². The molecule has 3 aromatic rings. The van der Waals surface area contributed by atoms with Gasteiger partial charge in [0.1, 0.15) is 0 Å². The maximum atomic E-state index is 6.52. The second kappa shape index (κ2) is 16.6. The highest BCUT2D eigenvalue weighted by atomic mass is 35.5. The summed E-state index contributed by atoms with van der Waals surface area (Å²) in [6.07, 6.45) is 9.85. The van der Waals surface area contributed by atoms with E-state index in [1.165, 1.54) is 11.1 Å². The molecule has 1 atom stereocenters. The van der Waals surface area contributed by atoms with Gasteiger partial charge >= 0.3 is 0 Å². The van der Waals surface area contributed by atoms with Gasteiger partial charge < -0.3 is 15.5 Å². The Balaban J connectivity index is 1.29. The van der Waals surface area contributed by atoms with Crippen LogP contribution in [0.15, 0.2) is 175 Å². The van der Waals surface area contributed by atoms with Gasteiger partial charge in [-0.1, -0.05) is 122 Å². The number of halogens is 2. The van der Waals surface area contributed by atoms with Gasteiger partial charge in [-0.25, -0.2) is 0 Å². The number of hydrogen-bond acceptors (Lipinski definition) is 4. The molecule has 0 amide bonds. The van der Waals surface area contributed by atoms with E-state index < -0.39 is 0 Å². The largest absolute Gasteiger partial charge is 0.380 e. The Kier molecular flexibility index (Phi) is 12.0. The zero-order valence-electron chi connectivity index (χ0n) is 28.2. The maximum Gasteiger partial charge on any atom is 0.0620 e. The number of aliphatic imine (C=N–C) groups is 1. The van der Waals surface area contributed by atoms with E-state index >= 15 is 0 Å². The van der Waals surface area contributed by atoms with Gasteiger partial charge in [0, 0.05) is 57.5 Å². The number of hydrogen-bond donors (Lipinski definition) is 2. The first-order valence-corrected chi connectivity index (χ1v) is 17.2. The average molecular weight is 688 g/mol. The van der Waals surface area contributed by atoms with Gasteiger partial charge in [-0.2, -0.15) is 0 Å². The molecule has 0 aliphatic carbocycles. The lowest BCUT2D eigenvalue weighted by molar-refractivity contribution is 0.431. The van der Waals surface area contributed by atoms with Crippen molar-refractivity contribution in [1.29, 1.82) is 0 Å². The summed E-state index contributed by atoms with van der Waals surface area (Å²) in [7, 11) is 0. The summed E-state index contributed by atoms with van der Waals surface area (Å²) in [6, 6.07) is 26.3. The monoisotopic (exact) mass is 686 g/mol. The van der Waals surface area contributed by atoms with Crippen LogP contribution in [0.1, 0.15) is 42.9 Å². The zero-order valence-corrected chi connectivity index (χ0v) is 29.8.